The highest BCUT2D eigenvalue weighted by Crippen LogP contribution is 2.94. The van der Waals surface area contributed by atoms with Gasteiger partial charge in [-0.1, -0.05) is 25.8 Å². The third-order valence-corrected chi connectivity index (χ3v) is 13.1. The van der Waals surface area contributed by atoms with Gasteiger partial charge in [0.05, 0.1) is 31.1 Å². The highest BCUT2D eigenvalue weighted by molar-refractivity contribution is 8.36. The number of aryl methyl sites for hydroxylation is 1. The Hall–Kier alpha value is -2.17. The van der Waals surface area contributed by atoms with Crippen LogP contribution in [0.4, 0.5) is 4.39 Å². The molecule has 5 atom stereocenters. The van der Waals surface area contributed by atoms with Crippen molar-refractivity contribution in [2.24, 2.45) is 0 Å². The number of thiophene rings is 1. The van der Waals surface area contributed by atoms with Gasteiger partial charge in [-0.15, -0.1) is 11.3 Å². The maximum absolute atomic E-state index is 14.6. The largest absolute Gasteiger partial charge is 0.412 e. The molecule has 5 heterocycles. The molecule has 6 rings (SSSR count). The van der Waals surface area contributed by atoms with Crippen LogP contribution in [0.1, 0.15) is 75.7 Å². The molecule has 14 heteroatoms. The molecule has 3 aromatic rings. The van der Waals surface area contributed by atoms with Gasteiger partial charge in [0, 0.05) is 46.3 Å². The molecule has 6 N–H and O–H groups in total. The van der Waals surface area contributed by atoms with Gasteiger partial charge in [0.25, 0.3) is 5.91 Å². The average Bonchev–Trinajstić information content (AvgIpc) is 3.32. The Morgan fingerprint density at radius 1 is 1.37 bits per heavy atom. The fourth-order valence-electron chi connectivity index (χ4n) is 5.39. The van der Waals surface area contributed by atoms with Crippen LogP contribution in [0.3, 0.4) is 0 Å². The number of carbonyl (C=O) groups is 2. The number of unbranched alkanes of at least 4 members (excludes halogenated alkanes) is 1. The van der Waals surface area contributed by atoms with Gasteiger partial charge in [-0.2, -0.15) is 0 Å². The molecule has 10 nitrogen and oxygen atoms in total. The number of fused-ring (bicyclic) bond motifs is 1. The van der Waals surface area contributed by atoms with Crippen LogP contribution in [0.2, 0.25) is 0 Å². The minimum absolute atomic E-state index is 0. The number of aliphatic hydroxyl groups excluding tert-OH is 1. The lowest BCUT2D eigenvalue weighted by Gasteiger charge is -2.28. The number of likely N-dealkylation sites (tertiary alicyclic amines) is 1. The van der Waals surface area contributed by atoms with Gasteiger partial charge in [-0.3, -0.25) is 9.59 Å². The first-order valence-electron chi connectivity index (χ1n) is 14.4. The molecule has 2 aromatic heterocycles. The Morgan fingerprint density at radius 3 is 2.77 bits per heavy atom. The third kappa shape index (κ3) is 7.56. The van der Waals surface area contributed by atoms with Crippen molar-refractivity contribution >= 4 is 49.3 Å². The lowest BCUT2D eigenvalue weighted by molar-refractivity contribution is -0.135. The molecular formula is C29H46FN5O5P2S. The van der Waals surface area contributed by atoms with Crippen LogP contribution in [-0.4, -0.2) is 80.5 Å². The van der Waals surface area contributed by atoms with Crippen molar-refractivity contribution in [3.05, 3.63) is 58.5 Å². The number of carbonyl (C=O) groups excluding carboxylic acids is 2. The maximum Gasteiger partial charge on any atom is 0.262 e. The Morgan fingerprint density at radius 2 is 2.14 bits per heavy atom. The Labute approximate surface area is 262 Å². The van der Waals surface area contributed by atoms with E-state index < -0.39 is 19.0 Å². The molecule has 0 aliphatic carbocycles. The van der Waals surface area contributed by atoms with Crippen molar-refractivity contribution in [3.63, 3.8) is 0 Å². The summed E-state index contributed by atoms with van der Waals surface area (Å²) in [5, 5.41) is 14.9. The topological polar surface area (TPSA) is 159 Å². The molecule has 1 aromatic carbocycles. The van der Waals surface area contributed by atoms with E-state index in [-0.39, 0.29) is 42.5 Å². The van der Waals surface area contributed by atoms with Gasteiger partial charge in [0.15, 0.2) is 0 Å². The minimum atomic E-state index is -1.59. The van der Waals surface area contributed by atoms with E-state index in [4.69, 9.17) is 0 Å². The summed E-state index contributed by atoms with van der Waals surface area (Å²) < 4.78 is 15.4. The molecule has 0 saturated carbocycles. The van der Waals surface area contributed by atoms with Crippen LogP contribution in [-0.2, 0) is 9.95 Å². The van der Waals surface area contributed by atoms with Crippen molar-refractivity contribution in [2.45, 2.75) is 69.1 Å². The van der Waals surface area contributed by atoms with E-state index in [1.807, 2.05) is 13.1 Å². The van der Waals surface area contributed by atoms with Crippen LogP contribution in [0.15, 0.2) is 36.8 Å². The molecule has 0 bridgehead atoms. The number of alkyl halides is 1. The van der Waals surface area contributed by atoms with Crippen molar-refractivity contribution in [3.8, 4) is 0 Å². The molecule has 3 unspecified atom stereocenters. The second kappa shape index (κ2) is 14.7. The summed E-state index contributed by atoms with van der Waals surface area (Å²) in [5.41, 5.74) is 2.88. The molecule has 240 valence electrons. The van der Waals surface area contributed by atoms with Gasteiger partial charge in [0.1, 0.15) is 12.4 Å². The molecule has 3 aliphatic rings. The van der Waals surface area contributed by atoms with Gasteiger partial charge in [-0.05, 0) is 63.6 Å². The van der Waals surface area contributed by atoms with Gasteiger partial charge < -0.3 is 31.0 Å². The zero-order chi connectivity index (χ0) is 29.9. The van der Waals surface area contributed by atoms with E-state index in [9.17, 15) is 24.0 Å². The fraction of sp³-hybridized carbons (Fsp3) is 0.517. The quantitative estimate of drug-likeness (QED) is 0.244. The summed E-state index contributed by atoms with van der Waals surface area (Å²) in [6.45, 7) is 6.78. The maximum atomic E-state index is 14.6. The first-order valence-corrected chi connectivity index (χ1v) is 18.4. The van der Waals surface area contributed by atoms with Crippen LogP contribution in [0.5, 0.6) is 0 Å². The molecule has 3 aliphatic heterocycles. The highest BCUT2D eigenvalue weighted by atomic mass is 32.1. The number of hydrogen-bond acceptors (Lipinski definition) is 8. The second-order valence-electron chi connectivity index (χ2n) is 11.0. The normalized spacial score (nSPS) is 24.1. The average molecular weight is 658 g/mol. The number of nitrogens with one attached hydrogen (secondary N) is 2. The van der Waals surface area contributed by atoms with Gasteiger partial charge in [0.2, 0.25) is 11.1 Å². The molecule has 3 fully saturated rings. The zero-order valence-corrected chi connectivity index (χ0v) is 27.1. The molecule has 3 saturated heterocycles. The summed E-state index contributed by atoms with van der Waals surface area (Å²) in [5.74, 6) is 0.176. The van der Waals surface area contributed by atoms with E-state index in [0.717, 1.165) is 48.9 Å². The van der Waals surface area contributed by atoms with Gasteiger partial charge >= 0.3 is 0 Å². The van der Waals surface area contributed by atoms with Crippen molar-refractivity contribution in [1.82, 2.24) is 25.5 Å². The number of aliphatic hydroxyl groups is 1. The lowest BCUT2D eigenvalue weighted by Crippen LogP contribution is -2.50. The van der Waals surface area contributed by atoms with Crippen LogP contribution >= 0.6 is 27.4 Å². The predicted octanol–water partition coefficient (Wildman–Crippen LogP) is 4.63. The van der Waals surface area contributed by atoms with E-state index >= 15 is 0 Å². The van der Waals surface area contributed by atoms with Crippen LogP contribution in [0, 0.1) is 6.92 Å². The second-order valence-corrected chi connectivity index (χ2v) is 16.6. The van der Waals surface area contributed by atoms with Gasteiger partial charge in [-0.25, -0.2) is 14.4 Å². The SMILES string of the molecule is CCCC[C@H](NC(=O)c1cc2cc(C3(F)PP3O)ccc2s1)C(=O)N1CCC[C@H]1CO.Cc1cncnc1C1CNC1.O.[HH].[HH].[HH]. The smallest absolute Gasteiger partial charge is 0.262 e. The molecule has 2 amide bonds. The minimum Gasteiger partial charge on any atom is -0.412 e. The van der Waals surface area contributed by atoms with Crippen molar-refractivity contribution in [1.29, 1.82) is 0 Å². The summed E-state index contributed by atoms with van der Waals surface area (Å²) in [4.78, 5) is 46.1. The highest BCUT2D eigenvalue weighted by Gasteiger charge is 2.57. The van der Waals surface area contributed by atoms with E-state index in [0.29, 0.717) is 29.3 Å². The lowest BCUT2D eigenvalue weighted by atomic mass is 9.96. The van der Waals surface area contributed by atoms with Crippen LogP contribution < -0.4 is 10.6 Å². The van der Waals surface area contributed by atoms with E-state index in [1.165, 1.54) is 22.6 Å². The summed E-state index contributed by atoms with van der Waals surface area (Å²) in [6.07, 6.45) is 7.41. The Kier molecular flexibility index (Phi) is 11.6. The zero-order valence-electron chi connectivity index (χ0n) is 24.3. The summed E-state index contributed by atoms with van der Waals surface area (Å²) in [6, 6.07) is 6.10. The Bertz CT molecular complexity index is 1440. The van der Waals surface area contributed by atoms with E-state index in [2.05, 4.69) is 27.5 Å². The molecule has 0 spiro atoms. The van der Waals surface area contributed by atoms with E-state index in [1.54, 1.807) is 35.5 Å². The first-order chi connectivity index (χ1) is 20.2. The summed E-state index contributed by atoms with van der Waals surface area (Å²) in [7, 11) is -1.65. The van der Waals surface area contributed by atoms with Crippen molar-refractivity contribution < 1.29 is 33.7 Å². The molecule has 0 radical (unpaired) electrons. The number of aromatic nitrogens is 2. The van der Waals surface area contributed by atoms with Crippen LogP contribution in [0.25, 0.3) is 10.1 Å². The molecular weight excluding hydrogens is 611 g/mol. The number of halogens is 1. The number of amides is 2. The summed E-state index contributed by atoms with van der Waals surface area (Å²) >= 11 is 1.31. The number of hydrogen-bond donors (Lipinski definition) is 4. The third-order valence-electron chi connectivity index (χ3n) is 8.04. The number of rotatable bonds is 9. The first kappa shape index (κ1) is 33.7. The number of benzene rings is 1. The standard InChI is InChI=1S/C21H27FN2O4P2S.C8H11N3.H2O.3H2/c1-2-3-6-16(20(27)24-9-4-5-15(24)12-25)23-19(26)18-11-13-10-14(7-8-17(13)31-18)21(22)29-30(21)28;1-6-2-10-5-11-8(6)7-3-9-4-7;;;;/h7-8,10-11,15-16,25,28-29H,2-6,9,12H2,1H3,(H,23,26);2,5,7,9H,3-4H2,1H3;1H2;3*1H/t15-,16-,21?,30?;;;;;/m0...../s1. The number of nitrogens with zero attached hydrogens (tertiary/aromatic N) is 3. The molecule has 43 heavy (non-hydrogen) atoms. The Balaban J connectivity index is 0.000000600. The monoisotopic (exact) mass is 657 g/mol. The predicted molar refractivity (Wildman–Crippen MR) is 177 cm³/mol. The van der Waals surface area contributed by atoms with Crippen molar-refractivity contribution in [2.75, 3.05) is 26.2 Å². The fourth-order valence-corrected chi connectivity index (χ4v) is 9.11.